The zero-order chi connectivity index (χ0) is 14.6. The van der Waals surface area contributed by atoms with Crippen LogP contribution in [0.25, 0.3) is 0 Å². The molecule has 0 heterocycles. The Labute approximate surface area is 127 Å². The minimum atomic E-state index is 0.838. The van der Waals surface area contributed by atoms with Gasteiger partial charge < -0.3 is 14.8 Å². The van der Waals surface area contributed by atoms with E-state index in [1.54, 1.807) is 14.2 Å². The molecule has 4 heteroatoms. The number of benzene rings is 1. The van der Waals surface area contributed by atoms with Crippen molar-refractivity contribution < 1.29 is 9.47 Å². The van der Waals surface area contributed by atoms with Crippen molar-refractivity contribution in [1.29, 1.82) is 0 Å². The van der Waals surface area contributed by atoms with E-state index in [1.807, 2.05) is 11.8 Å². The first-order valence-corrected chi connectivity index (χ1v) is 8.40. The van der Waals surface area contributed by atoms with E-state index in [-0.39, 0.29) is 0 Å². The third-order valence-corrected chi connectivity index (χ3v) is 4.09. The van der Waals surface area contributed by atoms with Crippen molar-refractivity contribution in [3.63, 3.8) is 0 Å². The van der Waals surface area contributed by atoms with Gasteiger partial charge in [-0.25, -0.2) is 0 Å². The standard InChI is InChI=1S/C16H27NO2S/c1-4-8-17-12-14-6-7-16(19-3)15(11-14)13-20-10-5-9-18-2/h6-7,11,17H,4-5,8-10,12-13H2,1-3H3. The Bertz CT molecular complexity index is 371. The molecular formula is C16H27NO2S. The lowest BCUT2D eigenvalue weighted by Crippen LogP contribution is -2.13. The number of methoxy groups -OCH3 is 2. The molecule has 0 radical (unpaired) electrons. The van der Waals surface area contributed by atoms with Crippen LogP contribution >= 0.6 is 11.8 Å². The van der Waals surface area contributed by atoms with E-state index in [0.717, 1.165) is 43.4 Å². The summed E-state index contributed by atoms with van der Waals surface area (Å²) < 4.78 is 10.5. The first-order chi connectivity index (χ1) is 9.81. The van der Waals surface area contributed by atoms with E-state index >= 15 is 0 Å². The summed E-state index contributed by atoms with van der Waals surface area (Å²) in [5, 5.41) is 3.44. The fourth-order valence-corrected chi connectivity index (χ4v) is 2.86. The van der Waals surface area contributed by atoms with Crippen molar-refractivity contribution in [2.24, 2.45) is 0 Å². The number of ether oxygens (including phenoxy) is 2. The van der Waals surface area contributed by atoms with Gasteiger partial charge in [-0.15, -0.1) is 0 Å². The predicted octanol–water partition coefficient (Wildman–Crippen LogP) is 3.46. The van der Waals surface area contributed by atoms with Crippen LogP contribution in [0.5, 0.6) is 5.75 Å². The van der Waals surface area contributed by atoms with Gasteiger partial charge >= 0.3 is 0 Å². The Morgan fingerprint density at radius 1 is 1.25 bits per heavy atom. The Hall–Kier alpha value is -0.710. The van der Waals surface area contributed by atoms with Crippen LogP contribution in [-0.2, 0) is 17.0 Å². The Kier molecular flexibility index (Phi) is 9.54. The topological polar surface area (TPSA) is 30.5 Å². The van der Waals surface area contributed by atoms with Crippen molar-refractivity contribution in [2.75, 3.05) is 33.1 Å². The van der Waals surface area contributed by atoms with Gasteiger partial charge in [-0.05, 0) is 42.8 Å². The summed E-state index contributed by atoms with van der Waals surface area (Å²) in [6.07, 6.45) is 2.26. The van der Waals surface area contributed by atoms with Crippen molar-refractivity contribution in [3.8, 4) is 5.75 Å². The van der Waals surface area contributed by atoms with Crippen molar-refractivity contribution in [3.05, 3.63) is 29.3 Å². The zero-order valence-electron chi connectivity index (χ0n) is 12.9. The fraction of sp³-hybridized carbons (Fsp3) is 0.625. The molecule has 1 aromatic carbocycles. The van der Waals surface area contributed by atoms with Gasteiger partial charge in [0.05, 0.1) is 7.11 Å². The van der Waals surface area contributed by atoms with Crippen LogP contribution in [0.4, 0.5) is 0 Å². The Morgan fingerprint density at radius 3 is 2.80 bits per heavy atom. The lowest BCUT2D eigenvalue weighted by molar-refractivity contribution is 0.200. The van der Waals surface area contributed by atoms with Gasteiger partial charge in [-0.2, -0.15) is 11.8 Å². The molecule has 0 bridgehead atoms. The van der Waals surface area contributed by atoms with Crippen LogP contribution in [0, 0.1) is 0 Å². The minimum absolute atomic E-state index is 0.838. The highest BCUT2D eigenvalue weighted by molar-refractivity contribution is 7.98. The summed E-state index contributed by atoms with van der Waals surface area (Å²) in [6, 6.07) is 6.47. The zero-order valence-corrected chi connectivity index (χ0v) is 13.7. The monoisotopic (exact) mass is 297 g/mol. The number of hydrogen-bond acceptors (Lipinski definition) is 4. The van der Waals surface area contributed by atoms with Gasteiger partial charge in [0.2, 0.25) is 0 Å². The van der Waals surface area contributed by atoms with E-state index in [0.29, 0.717) is 0 Å². The normalized spacial score (nSPS) is 10.8. The van der Waals surface area contributed by atoms with E-state index in [4.69, 9.17) is 9.47 Å². The Morgan fingerprint density at radius 2 is 2.10 bits per heavy atom. The third kappa shape index (κ3) is 6.64. The molecule has 3 nitrogen and oxygen atoms in total. The average Bonchev–Trinajstić information content (AvgIpc) is 2.47. The smallest absolute Gasteiger partial charge is 0.122 e. The number of hydrogen-bond donors (Lipinski definition) is 1. The van der Waals surface area contributed by atoms with Gasteiger partial charge in [0.25, 0.3) is 0 Å². The quantitative estimate of drug-likeness (QED) is 0.634. The van der Waals surface area contributed by atoms with E-state index in [2.05, 4.69) is 30.4 Å². The van der Waals surface area contributed by atoms with E-state index in [9.17, 15) is 0 Å². The summed E-state index contributed by atoms with van der Waals surface area (Å²) in [4.78, 5) is 0. The van der Waals surface area contributed by atoms with Crippen molar-refractivity contribution >= 4 is 11.8 Å². The van der Waals surface area contributed by atoms with Gasteiger partial charge in [-0.1, -0.05) is 13.0 Å². The third-order valence-electron chi connectivity index (χ3n) is 3.00. The van der Waals surface area contributed by atoms with E-state index in [1.165, 1.54) is 17.5 Å². The highest BCUT2D eigenvalue weighted by Crippen LogP contribution is 2.25. The van der Waals surface area contributed by atoms with Crippen LogP contribution in [0.1, 0.15) is 30.9 Å². The lowest BCUT2D eigenvalue weighted by Gasteiger charge is -2.11. The van der Waals surface area contributed by atoms with Crippen LogP contribution < -0.4 is 10.1 Å². The fourth-order valence-electron chi connectivity index (χ4n) is 1.95. The van der Waals surface area contributed by atoms with Crippen LogP contribution in [0.3, 0.4) is 0 Å². The summed E-state index contributed by atoms with van der Waals surface area (Å²) >= 11 is 1.93. The molecule has 0 saturated carbocycles. The molecule has 20 heavy (non-hydrogen) atoms. The molecule has 0 fully saturated rings. The first-order valence-electron chi connectivity index (χ1n) is 7.25. The SMILES string of the molecule is CCCNCc1ccc(OC)c(CSCCCOC)c1. The molecule has 1 aromatic rings. The van der Waals surface area contributed by atoms with Crippen LogP contribution in [0.2, 0.25) is 0 Å². The number of rotatable bonds is 11. The molecule has 0 amide bonds. The maximum atomic E-state index is 5.45. The lowest BCUT2D eigenvalue weighted by atomic mass is 10.1. The van der Waals surface area contributed by atoms with Gasteiger partial charge in [-0.3, -0.25) is 0 Å². The van der Waals surface area contributed by atoms with Gasteiger partial charge in [0.15, 0.2) is 0 Å². The number of nitrogens with one attached hydrogen (secondary N) is 1. The first kappa shape index (κ1) is 17.3. The van der Waals surface area contributed by atoms with E-state index < -0.39 is 0 Å². The summed E-state index contributed by atoms with van der Waals surface area (Å²) in [5.41, 5.74) is 2.61. The molecule has 114 valence electrons. The van der Waals surface area contributed by atoms with Crippen LogP contribution in [0.15, 0.2) is 18.2 Å². The highest BCUT2D eigenvalue weighted by Gasteiger charge is 2.05. The van der Waals surface area contributed by atoms with Crippen molar-refractivity contribution in [1.82, 2.24) is 5.32 Å². The predicted molar refractivity (Wildman–Crippen MR) is 87.6 cm³/mol. The molecule has 0 aliphatic carbocycles. The molecular weight excluding hydrogens is 270 g/mol. The molecule has 0 aliphatic heterocycles. The van der Waals surface area contributed by atoms with Crippen molar-refractivity contribution in [2.45, 2.75) is 32.1 Å². The summed E-state index contributed by atoms with van der Waals surface area (Å²) in [6.45, 7) is 5.01. The minimum Gasteiger partial charge on any atom is -0.496 e. The molecule has 0 unspecified atom stereocenters. The maximum absolute atomic E-state index is 5.45. The molecule has 1 rings (SSSR count). The summed E-state index contributed by atoms with van der Waals surface area (Å²) in [7, 11) is 3.49. The second-order valence-corrected chi connectivity index (χ2v) is 5.83. The Balaban J connectivity index is 2.50. The van der Waals surface area contributed by atoms with Gasteiger partial charge in [0, 0.05) is 31.6 Å². The molecule has 0 aliphatic rings. The van der Waals surface area contributed by atoms with Crippen LogP contribution in [-0.4, -0.2) is 33.1 Å². The molecule has 0 atom stereocenters. The molecule has 0 saturated heterocycles. The molecule has 0 aromatic heterocycles. The molecule has 0 spiro atoms. The largest absolute Gasteiger partial charge is 0.496 e. The maximum Gasteiger partial charge on any atom is 0.122 e. The number of thioether (sulfide) groups is 1. The second kappa shape index (κ2) is 11.0. The highest BCUT2D eigenvalue weighted by atomic mass is 32.2. The molecule has 1 N–H and O–H groups in total. The van der Waals surface area contributed by atoms with Gasteiger partial charge in [0.1, 0.15) is 5.75 Å². The summed E-state index contributed by atoms with van der Waals surface area (Å²) in [5.74, 6) is 3.10. The average molecular weight is 297 g/mol. The second-order valence-electron chi connectivity index (χ2n) is 4.72.